The predicted octanol–water partition coefficient (Wildman–Crippen LogP) is 2.26. The van der Waals surface area contributed by atoms with E-state index in [-0.39, 0.29) is 5.78 Å². The van der Waals surface area contributed by atoms with Gasteiger partial charge in [0.2, 0.25) is 0 Å². The largest absolute Gasteiger partial charge is 0.342 e. The third-order valence-electron chi connectivity index (χ3n) is 2.38. The monoisotopic (exact) mass is 202 g/mol. The molecule has 0 unspecified atom stereocenters. The third-order valence-corrected chi connectivity index (χ3v) is 2.38. The molecule has 2 aromatic rings. The van der Waals surface area contributed by atoms with Gasteiger partial charge in [0.05, 0.1) is 11.0 Å². The molecule has 15 heavy (non-hydrogen) atoms. The summed E-state index contributed by atoms with van der Waals surface area (Å²) in [5.41, 5.74) is 3.03. The van der Waals surface area contributed by atoms with Crippen LogP contribution in [0.3, 0.4) is 0 Å². The van der Waals surface area contributed by atoms with Crippen molar-refractivity contribution in [3.63, 3.8) is 0 Å². The molecule has 1 N–H and O–H groups in total. The zero-order valence-corrected chi connectivity index (χ0v) is 9.00. The number of fused-ring (bicyclic) bond motifs is 1. The zero-order chi connectivity index (χ0) is 10.8. The van der Waals surface area contributed by atoms with Crippen LogP contribution >= 0.6 is 0 Å². The van der Waals surface area contributed by atoms with Crippen LogP contribution in [0.4, 0.5) is 0 Å². The number of hydrogen-bond acceptors (Lipinski definition) is 2. The number of H-pyrrole nitrogens is 1. The maximum Gasteiger partial charge on any atom is 0.134 e. The smallest absolute Gasteiger partial charge is 0.134 e. The SMILES string of the molecule is CCc1nc2ccc(CC(C)=O)cc2[nH]1. The molecule has 0 aliphatic heterocycles. The van der Waals surface area contributed by atoms with Gasteiger partial charge in [-0.2, -0.15) is 0 Å². The second-order valence-corrected chi connectivity index (χ2v) is 3.77. The second kappa shape index (κ2) is 3.85. The molecule has 1 heterocycles. The fourth-order valence-electron chi connectivity index (χ4n) is 1.67. The minimum absolute atomic E-state index is 0.185. The van der Waals surface area contributed by atoms with Gasteiger partial charge in [-0.05, 0) is 24.6 Å². The molecule has 78 valence electrons. The Bertz CT molecular complexity index is 499. The van der Waals surface area contributed by atoms with E-state index in [1.165, 1.54) is 0 Å². The van der Waals surface area contributed by atoms with Crippen LogP contribution in [-0.4, -0.2) is 15.8 Å². The minimum atomic E-state index is 0.185. The third kappa shape index (κ3) is 2.06. The maximum absolute atomic E-state index is 11.0. The number of aromatic amines is 1. The molecule has 3 heteroatoms. The number of rotatable bonds is 3. The van der Waals surface area contributed by atoms with Gasteiger partial charge in [0.25, 0.3) is 0 Å². The number of hydrogen-bond donors (Lipinski definition) is 1. The fourth-order valence-corrected chi connectivity index (χ4v) is 1.67. The van der Waals surface area contributed by atoms with Gasteiger partial charge in [0, 0.05) is 12.8 Å². The van der Waals surface area contributed by atoms with E-state index in [0.717, 1.165) is 28.8 Å². The van der Waals surface area contributed by atoms with E-state index in [0.29, 0.717) is 6.42 Å². The van der Waals surface area contributed by atoms with Gasteiger partial charge in [-0.15, -0.1) is 0 Å². The number of nitrogens with zero attached hydrogens (tertiary/aromatic N) is 1. The van der Waals surface area contributed by atoms with Gasteiger partial charge in [-0.25, -0.2) is 4.98 Å². The van der Waals surface area contributed by atoms with Gasteiger partial charge in [0.1, 0.15) is 11.6 Å². The van der Waals surface area contributed by atoms with E-state index in [4.69, 9.17) is 0 Å². The van der Waals surface area contributed by atoms with Gasteiger partial charge in [-0.3, -0.25) is 4.79 Å². The van der Waals surface area contributed by atoms with Crippen molar-refractivity contribution in [2.75, 3.05) is 0 Å². The van der Waals surface area contributed by atoms with Crippen molar-refractivity contribution < 1.29 is 4.79 Å². The number of carbonyl (C=O) groups excluding carboxylic acids is 1. The van der Waals surface area contributed by atoms with E-state index in [1.807, 2.05) is 18.2 Å². The van der Waals surface area contributed by atoms with E-state index >= 15 is 0 Å². The van der Waals surface area contributed by atoms with Gasteiger partial charge in [-0.1, -0.05) is 13.0 Å². The fraction of sp³-hybridized carbons (Fsp3) is 0.333. The normalized spacial score (nSPS) is 10.8. The Hall–Kier alpha value is -1.64. The average molecular weight is 202 g/mol. The van der Waals surface area contributed by atoms with Crippen molar-refractivity contribution in [1.82, 2.24) is 9.97 Å². The lowest BCUT2D eigenvalue weighted by molar-refractivity contribution is -0.116. The highest BCUT2D eigenvalue weighted by Gasteiger charge is 2.03. The van der Waals surface area contributed by atoms with Gasteiger partial charge >= 0.3 is 0 Å². The Morgan fingerprint density at radius 1 is 1.47 bits per heavy atom. The average Bonchev–Trinajstić information content (AvgIpc) is 2.58. The summed E-state index contributed by atoms with van der Waals surface area (Å²) in [5, 5.41) is 0. The Balaban J connectivity index is 2.41. The molecule has 0 fully saturated rings. The van der Waals surface area contributed by atoms with Crippen molar-refractivity contribution in [1.29, 1.82) is 0 Å². The number of ketones is 1. The summed E-state index contributed by atoms with van der Waals surface area (Å²) in [6.07, 6.45) is 1.40. The van der Waals surface area contributed by atoms with Crippen molar-refractivity contribution in [3.8, 4) is 0 Å². The molecule has 0 radical (unpaired) electrons. The van der Waals surface area contributed by atoms with Crippen LogP contribution in [0, 0.1) is 0 Å². The summed E-state index contributed by atoms with van der Waals surface area (Å²) in [6.45, 7) is 3.67. The van der Waals surface area contributed by atoms with Crippen molar-refractivity contribution in [2.45, 2.75) is 26.7 Å². The highest BCUT2D eigenvalue weighted by atomic mass is 16.1. The number of benzene rings is 1. The number of carbonyl (C=O) groups is 1. The number of aryl methyl sites for hydroxylation is 1. The molecular formula is C12H14N2O. The van der Waals surface area contributed by atoms with Crippen molar-refractivity contribution in [3.05, 3.63) is 29.6 Å². The number of nitrogens with one attached hydrogen (secondary N) is 1. The topological polar surface area (TPSA) is 45.8 Å². The first kappa shape index (κ1) is 9.90. The molecular weight excluding hydrogens is 188 g/mol. The molecule has 0 spiro atoms. The Morgan fingerprint density at radius 2 is 2.27 bits per heavy atom. The lowest BCUT2D eigenvalue weighted by Crippen LogP contribution is -1.95. The molecule has 0 amide bonds. The van der Waals surface area contributed by atoms with Crippen LogP contribution in [0.2, 0.25) is 0 Å². The van der Waals surface area contributed by atoms with Crippen LogP contribution in [0.5, 0.6) is 0 Å². The Kier molecular flexibility index (Phi) is 2.54. The van der Waals surface area contributed by atoms with E-state index in [1.54, 1.807) is 6.92 Å². The van der Waals surface area contributed by atoms with Crippen LogP contribution in [0.1, 0.15) is 25.2 Å². The first-order valence-electron chi connectivity index (χ1n) is 5.16. The summed E-state index contributed by atoms with van der Waals surface area (Å²) in [4.78, 5) is 18.6. The first-order chi connectivity index (χ1) is 7.19. The van der Waals surface area contributed by atoms with Gasteiger partial charge < -0.3 is 4.98 Å². The maximum atomic E-state index is 11.0. The summed E-state index contributed by atoms with van der Waals surface area (Å²) < 4.78 is 0. The molecule has 0 atom stereocenters. The highest BCUT2D eigenvalue weighted by Crippen LogP contribution is 2.14. The predicted molar refractivity (Wildman–Crippen MR) is 59.9 cm³/mol. The number of aromatic nitrogens is 2. The lowest BCUT2D eigenvalue weighted by Gasteiger charge is -1.96. The standard InChI is InChI=1S/C12H14N2O/c1-3-12-13-10-5-4-9(6-8(2)15)7-11(10)14-12/h4-5,7H,3,6H2,1-2H3,(H,13,14). The molecule has 0 aliphatic carbocycles. The Morgan fingerprint density at radius 3 is 2.93 bits per heavy atom. The summed E-state index contributed by atoms with van der Waals surface area (Å²) in [5.74, 6) is 1.18. The summed E-state index contributed by atoms with van der Waals surface area (Å²) in [6, 6.07) is 5.93. The highest BCUT2D eigenvalue weighted by molar-refractivity contribution is 5.81. The van der Waals surface area contributed by atoms with E-state index in [2.05, 4.69) is 16.9 Å². The molecule has 0 saturated carbocycles. The molecule has 0 saturated heterocycles. The second-order valence-electron chi connectivity index (χ2n) is 3.77. The molecule has 3 nitrogen and oxygen atoms in total. The molecule has 0 aliphatic rings. The lowest BCUT2D eigenvalue weighted by atomic mass is 10.1. The number of imidazole rings is 1. The van der Waals surface area contributed by atoms with E-state index in [9.17, 15) is 4.79 Å². The Labute approximate surface area is 88.5 Å². The minimum Gasteiger partial charge on any atom is -0.342 e. The summed E-state index contributed by atoms with van der Waals surface area (Å²) in [7, 11) is 0. The van der Waals surface area contributed by atoms with Gasteiger partial charge in [0.15, 0.2) is 0 Å². The molecule has 1 aromatic carbocycles. The zero-order valence-electron chi connectivity index (χ0n) is 9.00. The molecule has 2 rings (SSSR count). The van der Waals surface area contributed by atoms with Crippen LogP contribution in [0.25, 0.3) is 11.0 Å². The quantitative estimate of drug-likeness (QED) is 0.829. The molecule has 0 bridgehead atoms. The van der Waals surface area contributed by atoms with E-state index < -0.39 is 0 Å². The van der Waals surface area contributed by atoms with Crippen LogP contribution in [0.15, 0.2) is 18.2 Å². The van der Waals surface area contributed by atoms with Crippen molar-refractivity contribution in [2.24, 2.45) is 0 Å². The van der Waals surface area contributed by atoms with Crippen LogP contribution < -0.4 is 0 Å². The molecule has 1 aromatic heterocycles. The summed E-state index contributed by atoms with van der Waals surface area (Å²) >= 11 is 0. The number of Topliss-reactive ketones (excluding diaryl/α,β-unsaturated/α-hetero) is 1. The van der Waals surface area contributed by atoms with Crippen molar-refractivity contribution >= 4 is 16.8 Å². The van der Waals surface area contributed by atoms with Crippen LogP contribution in [-0.2, 0) is 17.6 Å². The first-order valence-corrected chi connectivity index (χ1v) is 5.16.